The van der Waals surface area contributed by atoms with Gasteiger partial charge in [-0.25, -0.2) is 9.97 Å². The highest BCUT2D eigenvalue weighted by Crippen LogP contribution is 2.37. The average molecular weight is 326 g/mol. The van der Waals surface area contributed by atoms with Crippen LogP contribution in [-0.2, 0) is 4.79 Å². The molecule has 116 valence electrons. The molecule has 1 aliphatic rings. The fourth-order valence-electron chi connectivity index (χ4n) is 3.16. The highest BCUT2D eigenvalue weighted by Gasteiger charge is 2.39. The summed E-state index contributed by atoms with van der Waals surface area (Å²) in [6, 6.07) is 5.74. The number of carbonyl (C=O) groups is 1. The van der Waals surface area contributed by atoms with Crippen LogP contribution in [0.1, 0.15) is 11.5 Å². The summed E-state index contributed by atoms with van der Waals surface area (Å²) in [6.45, 7) is 1.06. The van der Waals surface area contributed by atoms with Crippen molar-refractivity contribution in [1.82, 2.24) is 15.0 Å². The SMILES string of the molecule is O=C(O)[C@@H]1CN(c2ncnc3ccsc23)C[C@H]1c1cccnc1. The molecule has 1 N–H and O–H groups in total. The Morgan fingerprint density at radius 3 is 3.00 bits per heavy atom. The molecule has 0 aliphatic carbocycles. The molecule has 23 heavy (non-hydrogen) atoms. The maximum atomic E-state index is 11.7. The van der Waals surface area contributed by atoms with E-state index < -0.39 is 11.9 Å². The van der Waals surface area contributed by atoms with Gasteiger partial charge in [0.2, 0.25) is 0 Å². The lowest BCUT2D eigenvalue weighted by Crippen LogP contribution is -2.23. The molecule has 1 fully saturated rings. The Kier molecular flexibility index (Phi) is 3.42. The van der Waals surface area contributed by atoms with Gasteiger partial charge in [0.05, 0.1) is 16.1 Å². The number of thiophene rings is 1. The van der Waals surface area contributed by atoms with E-state index in [1.54, 1.807) is 23.7 Å². The zero-order chi connectivity index (χ0) is 15.8. The highest BCUT2D eigenvalue weighted by atomic mass is 32.1. The van der Waals surface area contributed by atoms with Gasteiger partial charge in [-0.1, -0.05) is 6.07 Å². The van der Waals surface area contributed by atoms with Crippen molar-refractivity contribution in [2.24, 2.45) is 5.92 Å². The van der Waals surface area contributed by atoms with Gasteiger partial charge in [0.15, 0.2) is 0 Å². The molecular weight excluding hydrogens is 312 g/mol. The number of fused-ring (bicyclic) bond motifs is 1. The standard InChI is InChI=1S/C16H14N4O2S/c21-16(22)12-8-20(7-11(12)10-2-1-4-17-6-10)15-14-13(3-5-23-14)18-9-19-15/h1-6,9,11-12H,7-8H2,(H,21,22)/t11-,12+/m0/s1. The Hall–Kier alpha value is -2.54. The van der Waals surface area contributed by atoms with Gasteiger partial charge in [0.25, 0.3) is 0 Å². The van der Waals surface area contributed by atoms with E-state index >= 15 is 0 Å². The minimum absolute atomic E-state index is 0.0915. The van der Waals surface area contributed by atoms with Crippen molar-refractivity contribution in [3.8, 4) is 0 Å². The Labute approximate surface area is 136 Å². The number of carboxylic acid groups (broad SMARTS) is 1. The van der Waals surface area contributed by atoms with Gasteiger partial charge in [-0.3, -0.25) is 9.78 Å². The van der Waals surface area contributed by atoms with Gasteiger partial charge in [-0.05, 0) is 23.1 Å². The number of anilines is 1. The predicted octanol–water partition coefficient (Wildman–Crippen LogP) is 2.39. The summed E-state index contributed by atoms with van der Waals surface area (Å²) in [7, 11) is 0. The maximum Gasteiger partial charge on any atom is 0.308 e. The number of nitrogens with zero attached hydrogens (tertiary/aromatic N) is 4. The first-order chi connectivity index (χ1) is 11.2. The average Bonchev–Trinajstić information content (AvgIpc) is 3.22. The fourth-order valence-corrected chi connectivity index (χ4v) is 4.02. The lowest BCUT2D eigenvalue weighted by molar-refractivity contribution is -0.141. The normalized spacial score (nSPS) is 21.0. The van der Waals surface area contributed by atoms with Crippen LogP contribution in [0.15, 0.2) is 42.3 Å². The molecule has 2 atom stereocenters. The summed E-state index contributed by atoms with van der Waals surface area (Å²) < 4.78 is 1.00. The summed E-state index contributed by atoms with van der Waals surface area (Å²) in [5.74, 6) is -0.518. The van der Waals surface area contributed by atoms with E-state index in [1.807, 2.05) is 23.6 Å². The van der Waals surface area contributed by atoms with Gasteiger partial charge in [0.1, 0.15) is 12.1 Å². The number of aliphatic carboxylic acids is 1. The summed E-state index contributed by atoms with van der Waals surface area (Å²) in [5.41, 5.74) is 1.86. The molecule has 4 rings (SSSR count). The number of aromatic nitrogens is 3. The minimum atomic E-state index is -0.780. The van der Waals surface area contributed by atoms with Crippen LogP contribution in [0.25, 0.3) is 10.2 Å². The molecule has 0 amide bonds. The third-order valence-electron chi connectivity index (χ3n) is 4.27. The second kappa shape index (κ2) is 5.58. The smallest absolute Gasteiger partial charge is 0.308 e. The van der Waals surface area contributed by atoms with Crippen LogP contribution in [0, 0.1) is 5.92 Å². The van der Waals surface area contributed by atoms with Gasteiger partial charge in [0, 0.05) is 31.4 Å². The quantitative estimate of drug-likeness (QED) is 0.796. The number of carboxylic acids is 1. The number of rotatable bonds is 3. The van der Waals surface area contributed by atoms with Crippen LogP contribution >= 0.6 is 11.3 Å². The van der Waals surface area contributed by atoms with Crippen LogP contribution in [0.4, 0.5) is 5.82 Å². The molecule has 1 saturated heterocycles. The number of hydrogen-bond donors (Lipinski definition) is 1. The Morgan fingerprint density at radius 2 is 2.22 bits per heavy atom. The maximum absolute atomic E-state index is 11.7. The largest absolute Gasteiger partial charge is 0.481 e. The molecule has 6 nitrogen and oxygen atoms in total. The number of pyridine rings is 1. The second-order valence-electron chi connectivity index (χ2n) is 5.57. The molecule has 0 radical (unpaired) electrons. The lowest BCUT2D eigenvalue weighted by atomic mass is 9.90. The summed E-state index contributed by atoms with van der Waals surface area (Å²) in [5, 5.41) is 11.6. The van der Waals surface area contributed by atoms with Crippen molar-refractivity contribution in [3.05, 3.63) is 47.9 Å². The molecule has 0 aromatic carbocycles. The van der Waals surface area contributed by atoms with E-state index in [0.29, 0.717) is 13.1 Å². The zero-order valence-corrected chi connectivity index (χ0v) is 13.0. The number of hydrogen-bond acceptors (Lipinski definition) is 6. The molecule has 0 spiro atoms. The van der Waals surface area contributed by atoms with Gasteiger partial charge < -0.3 is 10.0 Å². The van der Waals surface area contributed by atoms with Crippen LogP contribution in [-0.4, -0.2) is 39.1 Å². The summed E-state index contributed by atoms with van der Waals surface area (Å²) in [4.78, 5) is 26.5. The molecule has 4 heterocycles. The first-order valence-corrected chi connectivity index (χ1v) is 8.18. The van der Waals surface area contributed by atoms with Crippen molar-refractivity contribution < 1.29 is 9.90 Å². The molecule has 7 heteroatoms. The van der Waals surface area contributed by atoms with Crippen LogP contribution in [0.2, 0.25) is 0 Å². The molecule has 0 bridgehead atoms. The molecule has 1 aliphatic heterocycles. The van der Waals surface area contributed by atoms with E-state index in [1.165, 1.54) is 6.33 Å². The molecule has 3 aromatic rings. The van der Waals surface area contributed by atoms with Crippen LogP contribution in [0.5, 0.6) is 0 Å². The summed E-state index contributed by atoms with van der Waals surface area (Å²) in [6.07, 6.45) is 4.99. The highest BCUT2D eigenvalue weighted by molar-refractivity contribution is 7.17. The molecule has 0 unspecified atom stereocenters. The first-order valence-electron chi connectivity index (χ1n) is 7.30. The Balaban J connectivity index is 1.72. The van der Waals surface area contributed by atoms with Crippen molar-refractivity contribution in [1.29, 1.82) is 0 Å². The molecule has 0 saturated carbocycles. The second-order valence-corrected chi connectivity index (χ2v) is 6.49. The van der Waals surface area contributed by atoms with Gasteiger partial charge in [-0.15, -0.1) is 11.3 Å². The van der Waals surface area contributed by atoms with E-state index in [-0.39, 0.29) is 5.92 Å². The fraction of sp³-hybridized carbons (Fsp3) is 0.250. The monoisotopic (exact) mass is 326 g/mol. The van der Waals surface area contributed by atoms with E-state index in [4.69, 9.17) is 0 Å². The van der Waals surface area contributed by atoms with Gasteiger partial charge >= 0.3 is 5.97 Å². The third kappa shape index (κ3) is 2.43. The van der Waals surface area contributed by atoms with E-state index in [9.17, 15) is 9.90 Å². The third-order valence-corrected chi connectivity index (χ3v) is 5.17. The zero-order valence-electron chi connectivity index (χ0n) is 12.2. The summed E-state index contributed by atoms with van der Waals surface area (Å²) >= 11 is 1.58. The molecular formula is C16H14N4O2S. The predicted molar refractivity (Wildman–Crippen MR) is 87.7 cm³/mol. The topological polar surface area (TPSA) is 79.2 Å². The van der Waals surface area contributed by atoms with Crippen molar-refractivity contribution in [3.63, 3.8) is 0 Å². The van der Waals surface area contributed by atoms with Crippen molar-refractivity contribution in [2.75, 3.05) is 18.0 Å². The van der Waals surface area contributed by atoms with Crippen molar-refractivity contribution in [2.45, 2.75) is 5.92 Å². The first kappa shape index (κ1) is 14.1. The van der Waals surface area contributed by atoms with Gasteiger partial charge in [-0.2, -0.15) is 0 Å². The van der Waals surface area contributed by atoms with Crippen LogP contribution < -0.4 is 4.90 Å². The van der Waals surface area contributed by atoms with Crippen LogP contribution in [0.3, 0.4) is 0 Å². The Bertz CT molecular complexity index is 851. The lowest BCUT2D eigenvalue weighted by Gasteiger charge is -2.17. The Morgan fingerprint density at radius 1 is 1.30 bits per heavy atom. The van der Waals surface area contributed by atoms with Crippen molar-refractivity contribution >= 4 is 33.3 Å². The van der Waals surface area contributed by atoms with E-state index in [2.05, 4.69) is 19.9 Å². The minimum Gasteiger partial charge on any atom is -0.481 e. The molecule has 3 aromatic heterocycles. The van der Waals surface area contributed by atoms with E-state index in [0.717, 1.165) is 21.6 Å².